The van der Waals surface area contributed by atoms with Crippen molar-refractivity contribution in [3.63, 3.8) is 0 Å². The summed E-state index contributed by atoms with van der Waals surface area (Å²) in [5.74, 6) is 5.41. The van der Waals surface area contributed by atoms with Gasteiger partial charge in [-0.1, -0.05) is 60.3 Å². The minimum absolute atomic E-state index is 0.717. The van der Waals surface area contributed by atoms with E-state index in [2.05, 4.69) is 20.8 Å². The Labute approximate surface area is 152 Å². The molecule has 0 aromatic carbocycles. The van der Waals surface area contributed by atoms with Gasteiger partial charge in [-0.3, -0.25) is 0 Å². The highest BCUT2D eigenvalue weighted by atomic mass is 14.6. The van der Waals surface area contributed by atoms with Gasteiger partial charge in [-0.25, -0.2) is 0 Å². The molecule has 4 aliphatic rings. The predicted octanol–water partition coefficient (Wildman–Crippen LogP) is 7.86. The monoisotopic (exact) mass is 332 g/mol. The molecule has 4 saturated carbocycles. The van der Waals surface area contributed by atoms with E-state index >= 15 is 0 Å². The number of hydrogen-bond acceptors (Lipinski definition) is 0. The molecule has 0 aliphatic heterocycles. The molecule has 0 aromatic rings. The van der Waals surface area contributed by atoms with Crippen LogP contribution >= 0.6 is 0 Å². The van der Waals surface area contributed by atoms with Crippen LogP contribution in [0, 0.1) is 40.4 Å². The lowest BCUT2D eigenvalue weighted by Crippen LogP contribution is -2.52. The molecule has 0 heteroatoms. The molecular formula is C24H44. The molecular weight excluding hydrogens is 288 g/mol. The number of fused-ring (bicyclic) bond motifs is 5. The van der Waals surface area contributed by atoms with E-state index in [0.717, 1.165) is 40.4 Å². The van der Waals surface area contributed by atoms with Gasteiger partial charge in [-0.2, -0.15) is 0 Å². The van der Waals surface area contributed by atoms with Gasteiger partial charge < -0.3 is 0 Å². The zero-order chi connectivity index (χ0) is 17.4. The highest BCUT2D eigenvalue weighted by Crippen LogP contribution is 2.67. The van der Waals surface area contributed by atoms with Crippen LogP contribution in [-0.2, 0) is 0 Å². The number of hydrogen-bond donors (Lipinski definition) is 0. The van der Waals surface area contributed by atoms with Crippen LogP contribution in [0.1, 0.15) is 112 Å². The Bertz CT molecular complexity index is 412. The smallest absolute Gasteiger partial charge is 0.0266 e. The second-order valence-corrected chi connectivity index (χ2v) is 10.0. The molecule has 0 saturated heterocycles. The molecule has 0 spiro atoms. The Hall–Kier alpha value is 0. The Morgan fingerprint density at radius 1 is 0.750 bits per heavy atom. The van der Waals surface area contributed by atoms with Crippen LogP contribution in [0.5, 0.6) is 0 Å². The average Bonchev–Trinajstić information content (AvgIpc) is 2.93. The minimum Gasteiger partial charge on any atom is -0.0683 e. The third-order valence-corrected chi connectivity index (χ3v) is 9.42. The van der Waals surface area contributed by atoms with Crippen LogP contribution in [0.2, 0.25) is 0 Å². The van der Waals surface area contributed by atoms with Crippen molar-refractivity contribution in [1.82, 2.24) is 0 Å². The molecule has 24 heavy (non-hydrogen) atoms. The molecule has 0 N–H and O–H groups in total. The molecule has 0 aromatic heterocycles. The van der Waals surface area contributed by atoms with Crippen molar-refractivity contribution >= 4 is 0 Å². The van der Waals surface area contributed by atoms with Crippen LogP contribution < -0.4 is 0 Å². The standard InChI is InChI=1S/C22H38.C2H6/c1-4-7-16-10-12-19-18-11-9-17-8-5-6-14-21(17,2)20(18)13-15-22(16,19)3;1-2/h16-20H,4-15H2,1-3H3;1-2H3/t16?,17?,18?,19?,20?,21-,22+;/m0./s1. The van der Waals surface area contributed by atoms with E-state index < -0.39 is 0 Å². The first-order valence-corrected chi connectivity index (χ1v) is 11.6. The van der Waals surface area contributed by atoms with Crippen molar-refractivity contribution in [1.29, 1.82) is 0 Å². The second kappa shape index (κ2) is 7.32. The lowest BCUT2D eigenvalue weighted by molar-refractivity contribution is -0.111. The second-order valence-electron chi connectivity index (χ2n) is 10.0. The van der Waals surface area contributed by atoms with Gasteiger partial charge in [0.1, 0.15) is 0 Å². The van der Waals surface area contributed by atoms with E-state index in [1.54, 1.807) is 51.4 Å². The fourth-order valence-electron chi connectivity index (χ4n) is 8.23. The normalized spacial score (nSPS) is 50.1. The van der Waals surface area contributed by atoms with Gasteiger partial charge in [-0.15, -0.1) is 0 Å². The number of rotatable bonds is 2. The highest BCUT2D eigenvalue weighted by molar-refractivity contribution is 5.08. The molecule has 4 aliphatic carbocycles. The Kier molecular flexibility index (Phi) is 5.73. The highest BCUT2D eigenvalue weighted by Gasteiger charge is 2.59. The van der Waals surface area contributed by atoms with Gasteiger partial charge in [0.2, 0.25) is 0 Å². The first-order chi connectivity index (χ1) is 11.6. The van der Waals surface area contributed by atoms with E-state index in [0.29, 0.717) is 0 Å². The van der Waals surface area contributed by atoms with Gasteiger partial charge >= 0.3 is 0 Å². The fraction of sp³-hybridized carbons (Fsp3) is 1.00. The van der Waals surface area contributed by atoms with E-state index in [1.165, 1.54) is 25.7 Å². The van der Waals surface area contributed by atoms with Crippen molar-refractivity contribution in [2.45, 2.75) is 112 Å². The Balaban J connectivity index is 0.000000815. The first kappa shape index (κ1) is 18.8. The van der Waals surface area contributed by atoms with E-state index in [-0.39, 0.29) is 0 Å². The van der Waals surface area contributed by atoms with Crippen molar-refractivity contribution in [3.8, 4) is 0 Å². The molecule has 5 unspecified atom stereocenters. The quantitative estimate of drug-likeness (QED) is 0.482. The summed E-state index contributed by atoms with van der Waals surface area (Å²) in [5.41, 5.74) is 1.44. The SMILES string of the molecule is CC.CCCC1CCC2C3CCC4CCCC[C@]4(C)C3CC[C@]12C. The van der Waals surface area contributed by atoms with Gasteiger partial charge in [0.05, 0.1) is 0 Å². The maximum absolute atomic E-state index is 2.72. The first-order valence-electron chi connectivity index (χ1n) is 11.6. The van der Waals surface area contributed by atoms with Crippen molar-refractivity contribution in [2.24, 2.45) is 40.4 Å². The van der Waals surface area contributed by atoms with E-state index in [1.807, 2.05) is 13.8 Å². The molecule has 4 fully saturated rings. The summed E-state index contributed by atoms with van der Waals surface area (Å²) in [4.78, 5) is 0. The van der Waals surface area contributed by atoms with Crippen molar-refractivity contribution in [2.75, 3.05) is 0 Å². The lowest BCUT2D eigenvalue weighted by Gasteiger charge is -2.60. The van der Waals surface area contributed by atoms with Gasteiger partial charge in [-0.05, 0) is 91.8 Å². The summed E-state index contributed by atoms with van der Waals surface area (Å²) in [6.45, 7) is 11.8. The zero-order valence-corrected chi connectivity index (χ0v) is 17.4. The molecule has 0 amide bonds. The summed E-state index contributed by atoms with van der Waals surface area (Å²) in [6, 6.07) is 0. The summed E-state index contributed by atoms with van der Waals surface area (Å²) >= 11 is 0. The molecule has 0 nitrogen and oxygen atoms in total. The molecule has 140 valence electrons. The van der Waals surface area contributed by atoms with Crippen LogP contribution in [0.3, 0.4) is 0 Å². The summed E-state index contributed by atoms with van der Waals surface area (Å²) < 4.78 is 0. The van der Waals surface area contributed by atoms with Crippen LogP contribution in [-0.4, -0.2) is 0 Å². The third-order valence-electron chi connectivity index (χ3n) is 9.42. The minimum atomic E-state index is 0.717. The van der Waals surface area contributed by atoms with Gasteiger partial charge in [0.25, 0.3) is 0 Å². The predicted molar refractivity (Wildman–Crippen MR) is 106 cm³/mol. The summed E-state index contributed by atoms with van der Waals surface area (Å²) in [5, 5.41) is 0. The lowest BCUT2D eigenvalue weighted by atomic mass is 9.45. The van der Waals surface area contributed by atoms with Gasteiger partial charge in [0, 0.05) is 0 Å². The van der Waals surface area contributed by atoms with Gasteiger partial charge in [0.15, 0.2) is 0 Å². The van der Waals surface area contributed by atoms with Crippen molar-refractivity contribution < 1.29 is 0 Å². The zero-order valence-electron chi connectivity index (χ0n) is 17.4. The van der Waals surface area contributed by atoms with E-state index in [4.69, 9.17) is 0 Å². The fourth-order valence-corrected chi connectivity index (χ4v) is 8.23. The third kappa shape index (κ3) is 2.79. The van der Waals surface area contributed by atoms with Crippen LogP contribution in [0.4, 0.5) is 0 Å². The maximum Gasteiger partial charge on any atom is -0.0266 e. The van der Waals surface area contributed by atoms with Crippen LogP contribution in [0.15, 0.2) is 0 Å². The molecule has 0 radical (unpaired) electrons. The molecule has 4 rings (SSSR count). The van der Waals surface area contributed by atoms with Crippen LogP contribution in [0.25, 0.3) is 0 Å². The summed E-state index contributed by atoms with van der Waals surface area (Å²) in [7, 11) is 0. The molecule has 0 bridgehead atoms. The van der Waals surface area contributed by atoms with Crippen molar-refractivity contribution in [3.05, 3.63) is 0 Å². The Morgan fingerprint density at radius 2 is 1.50 bits per heavy atom. The average molecular weight is 333 g/mol. The maximum atomic E-state index is 2.72. The largest absolute Gasteiger partial charge is 0.0683 e. The molecule has 7 atom stereocenters. The molecule has 0 heterocycles. The topological polar surface area (TPSA) is 0 Å². The summed E-state index contributed by atoms with van der Waals surface area (Å²) in [6.07, 6.45) is 18.5. The Morgan fingerprint density at radius 3 is 2.25 bits per heavy atom. The van der Waals surface area contributed by atoms with E-state index in [9.17, 15) is 0 Å².